The highest BCUT2D eigenvalue weighted by molar-refractivity contribution is 6.31. The van der Waals surface area contributed by atoms with E-state index in [0.717, 1.165) is 22.4 Å². The third kappa shape index (κ3) is 2.39. The molecular weight excluding hydrogens is 324 g/mol. The third-order valence-corrected chi connectivity index (χ3v) is 4.14. The normalized spacial score (nSPS) is 11.1. The fourth-order valence-corrected chi connectivity index (χ4v) is 3.06. The molecule has 2 aromatic carbocycles. The molecule has 0 unspecified atom stereocenters. The van der Waals surface area contributed by atoms with Crippen molar-refractivity contribution in [3.8, 4) is 22.6 Å². The molecule has 118 valence electrons. The van der Waals surface area contributed by atoms with Crippen molar-refractivity contribution in [3.05, 3.63) is 69.6 Å². The predicted molar refractivity (Wildman–Crippen MR) is 95.1 cm³/mol. The van der Waals surface area contributed by atoms with E-state index in [0.29, 0.717) is 21.7 Å². The van der Waals surface area contributed by atoms with Crippen LogP contribution in [0.5, 0.6) is 0 Å². The fraction of sp³-hybridized carbons (Fsp3) is 0.0556. The van der Waals surface area contributed by atoms with Gasteiger partial charge >= 0.3 is 0 Å². The highest BCUT2D eigenvalue weighted by Crippen LogP contribution is 2.28. The molecule has 0 bridgehead atoms. The predicted octanol–water partition coefficient (Wildman–Crippen LogP) is 3.94. The molecule has 0 amide bonds. The largest absolute Gasteiger partial charge is 0.306 e. The van der Waals surface area contributed by atoms with Crippen molar-refractivity contribution in [1.29, 1.82) is 0 Å². The van der Waals surface area contributed by atoms with Crippen molar-refractivity contribution in [2.45, 2.75) is 6.92 Å². The second kappa shape index (κ2) is 5.62. The minimum atomic E-state index is -0.221. The average molecular weight is 337 g/mol. The summed E-state index contributed by atoms with van der Waals surface area (Å²) in [4.78, 5) is 19.9. The zero-order chi connectivity index (χ0) is 16.7. The van der Waals surface area contributed by atoms with Gasteiger partial charge in [0.25, 0.3) is 5.56 Å². The van der Waals surface area contributed by atoms with Crippen molar-refractivity contribution >= 4 is 22.5 Å². The van der Waals surface area contributed by atoms with Gasteiger partial charge in [-0.15, -0.1) is 0 Å². The Balaban J connectivity index is 1.96. The van der Waals surface area contributed by atoms with Crippen LogP contribution in [0.3, 0.4) is 0 Å². The lowest BCUT2D eigenvalue weighted by molar-refractivity contribution is 1.10. The van der Waals surface area contributed by atoms with Gasteiger partial charge in [-0.2, -0.15) is 5.10 Å². The lowest BCUT2D eigenvalue weighted by atomic mass is 10.1. The van der Waals surface area contributed by atoms with E-state index in [9.17, 15) is 4.79 Å². The summed E-state index contributed by atoms with van der Waals surface area (Å²) in [5.74, 6) is 0.477. The molecule has 0 aliphatic carbocycles. The summed E-state index contributed by atoms with van der Waals surface area (Å²) in [6, 6.07) is 13.2. The van der Waals surface area contributed by atoms with Gasteiger partial charge in [-0.1, -0.05) is 41.9 Å². The standard InChI is InChI=1S/C18H13ClN4O/c1-10-7-12(19)8-13-15(10)21-17(22-18(13)24)14-9-20-23-16(14)11-5-3-2-4-6-11/h2-9H,1H3,(H,20,23)(H,21,22,24). The molecule has 0 aliphatic rings. The van der Waals surface area contributed by atoms with Gasteiger partial charge in [-0.25, -0.2) is 4.98 Å². The van der Waals surface area contributed by atoms with E-state index < -0.39 is 0 Å². The number of benzene rings is 2. The SMILES string of the molecule is Cc1cc(Cl)cc2c(=O)[nH]c(-c3cn[nH]c3-c3ccccc3)nc12. The number of aryl methyl sites for hydroxylation is 1. The average Bonchev–Trinajstić information content (AvgIpc) is 3.06. The van der Waals surface area contributed by atoms with Crippen LogP contribution >= 0.6 is 11.6 Å². The van der Waals surface area contributed by atoms with E-state index in [4.69, 9.17) is 11.6 Å². The third-order valence-electron chi connectivity index (χ3n) is 3.92. The maximum absolute atomic E-state index is 12.5. The van der Waals surface area contributed by atoms with Crippen LogP contribution in [0, 0.1) is 6.92 Å². The number of fused-ring (bicyclic) bond motifs is 1. The molecule has 6 heteroatoms. The first kappa shape index (κ1) is 14.7. The number of nitrogens with zero attached hydrogens (tertiary/aromatic N) is 2. The fourth-order valence-electron chi connectivity index (χ4n) is 2.79. The molecule has 4 rings (SSSR count). The van der Waals surface area contributed by atoms with Crippen LogP contribution in [0.15, 0.2) is 53.5 Å². The molecule has 2 heterocycles. The Hall–Kier alpha value is -2.92. The van der Waals surface area contributed by atoms with E-state index in [-0.39, 0.29) is 5.56 Å². The Morgan fingerprint density at radius 3 is 2.71 bits per heavy atom. The Labute approximate surface area is 142 Å². The van der Waals surface area contributed by atoms with E-state index in [2.05, 4.69) is 20.2 Å². The molecule has 0 fully saturated rings. The number of aromatic nitrogens is 4. The van der Waals surface area contributed by atoms with E-state index in [1.54, 1.807) is 18.3 Å². The summed E-state index contributed by atoms with van der Waals surface area (Å²) in [6.45, 7) is 1.89. The van der Waals surface area contributed by atoms with Crippen LogP contribution in [0.4, 0.5) is 0 Å². The van der Waals surface area contributed by atoms with Gasteiger partial charge in [0.05, 0.1) is 28.4 Å². The first-order chi connectivity index (χ1) is 11.6. The Bertz CT molecular complexity index is 1100. The highest BCUT2D eigenvalue weighted by atomic mass is 35.5. The summed E-state index contributed by atoms with van der Waals surface area (Å²) in [6.07, 6.45) is 1.66. The quantitative estimate of drug-likeness (QED) is 0.582. The van der Waals surface area contributed by atoms with Gasteiger partial charge in [0.2, 0.25) is 0 Å². The molecular formula is C18H13ClN4O. The van der Waals surface area contributed by atoms with Gasteiger partial charge in [0.1, 0.15) is 5.82 Å². The molecule has 24 heavy (non-hydrogen) atoms. The zero-order valence-electron chi connectivity index (χ0n) is 12.8. The van der Waals surface area contributed by atoms with Crippen LogP contribution in [0.25, 0.3) is 33.5 Å². The molecule has 2 N–H and O–H groups in total. The summed E-state index contributed by atoms with van der Waals surface area (Å²) in [5.41, 5.74) is 3.80. The van der Waals surface area contributed by atoms with Gasteiger partial charge in [0.15, 0.2) is 0 Å². The van der Waals surface area contributed by atoms with Crippen molar-refractivity contribution in [1.82, 2.24) is 20.2 Å². The van der Waals surface area contributed by atoms with E-state index >= 15 is 0 Å². The minimum Gasteiger partial charge on any atom is -0.306 e. The summed E-state index contributed by atoms with van der Waals surface area (Å²) in [5, 5.41) is 8.09. The molecule has 0 atom stereocenters. The molecule has 0 radical (unpaired) electrons. The van der Waals surface area contributed by atoms with Crippen LogP contribution in [0.1, 0.15) is 5.56 Å². The van der Waals surface area contributed by atoms with Gasteiger partial charge in [0, 0.05) is 10.6 Å². The molecule has 5 nitrogen and oxygen atoms in total. The number of hydrogen-bond donors (Lipinski definition) is 2. The molecule has 0 aliphatic heterocycles. The second-order valence-corrected chi connectivity index (χ2v) is 5.99. The smallest absolute Gasteiger partial charge is 0.259 e. The monoisotopic (exact) mass is 336 g/mol. The lowest BCUT2D eigenvalue weighted by Crippen LogP contribution is -2.10. The molecule has 2 aromatic heterocycles. The topological polar surface area (TPSA) is 74.4 Å². The zero-order valence-corrected chi connectivity index (χ0v) is 13.6. The number of aromatic amines is 2. The molecule has 0 spiro atoms. The van der Waals surface area contributed by atoms with Crippen molar-refractivity contribution in [3.63, 3.8) is 0 Å². The van der Waals surface area contributed by atoms with Gasteiger partial charge in [-0.3, -0.25) is 9.89 Å². The number of rotatable bonds is 2. The maximum atomic E-state index is 12.5. The van der Waals surface area contributed by atoms with E-state index in [1.165, 1.54) is 0 Å². The van der Waals surface area contributed by atoms with Gasteiger partial charge in [-0.05, 0) is 24.6 Å². The molecule has 4 aromatic rings. The maximum Gasteiger partial charge on any atom is 0.259 e. The number of nitrogens with one attached hydrogen (secondary N) is 2. The van der Waals surface area contributed by atoms with Crippen molar-refractivity contribution in [2.24, 2.45) is 0 Å². The Morgan fingerprint density at radius 2 is 1.92 bits per heavy atom. The second-order valence-electron chi connectivity index (χ2n) is 5.56. The highest BCUT2D eigenvalue weighted by Gasteiger charge is 2.14. The van der Waals surface area contributed by atoms with Crippen LogP contribution in [0.2, 0.25) is 5.02 Å². The number of hydrogen-bond acceptors (Lipinski definition) is 3. The lowest BCUT2D eigenvalue weighted by Gasteiger charge is -2.06. The minimum absolute atomic E-state index is 0.221. The Kier molecular flexibility index (Phi) is 3.43. The first-order valence-electron chi connectivity index (χ1n) is 7.43. The number of halogens is 1. The first-order valence-corrected chi connectivity index (χ1v) is 7.80. The molecule has 0 saturated heterocycles. The number of H-pyrrole nitrogens is 2. The van der Waals surface area contributed by atoms with Crippen LogP contribution in [-0.2, 0) is 0 Å². The summed E-state index contributed by atoms with van der Waals surface area (Å²) in [7, 11) is 0. The van der Waals surface area contributed by atoms with E-state index in [1.807, 2.05) is 37.3 Å². The summed E-state index contributed by atoms with van der Waals surface area (Å²) < 4.78 is 0. The Morgan fingerprint density at radius 1 is 1.12 bits per heavy atom. The summed E-state index contributed by atoms with van der Waals surface area (Å²) >= 11 is 6.04. The van der Waals surface area contributed by atoms with Crippen LogP contribution < -0.4 is 5.56 Å². The van der Waals surface area contributed by atoms with Crippen molar-refractivity contribution in [2.75, 3.05) is 0 Å². The van der Waals surface area contributed by atoms with Gasteiger partial charge < -0.3 is 4.98 Å². The van der Waals surface area contributed by atoms with Crippen molar-refractivity contribution < 1.29 is 0 Å². The van der Waals surface area contributed by atoms with Crippen LogP contribution in [-0.4, -0.2) is 20.2 Å². The molecule has 0 saturated carbocycles.